The summed E-state index contributed by atoms with van der Waals surface area (Å²) in [6.45, 7) is 0. The molecule has 0 amide bonds. The quantitative estimate of drug-likeness (QED) is 0.380. The van der Waals surface area contributed by atoms with Gasteiger partial charge in [-0.2, -0.15) is 0 Å². The molecule has 5 nitrogen and oxygen atoms in total. The van der Waals surface area contributed by atoms with Crippen LogP contribution in [0.2, 0.25) is 0 Å². The van der Waals surface area contributed by atoms with Gasteiger partial charge in [0.2, 0.25) is 0 Å². The molecule has 2 bridgehead atoms. The van der Waals surface area contributed by atoms with Crippen molar-refractivity contribution in [1.82, 2.24) is 0 Å². The van der Waals surface area contributed by atoms with Crippen LogP contribution in [-0.4, -0.2) is 46.2 Å². The number of aliphatic hydroxyl groups is 2. The number of fused-ring (bicyclic) bond motifs is 1. The minimum absolute atomic E-state index is 0.320. The zero-order valence-corrected chi connectivity index (χ0v) is 10.9. The maximum Gasteiger partial charge on any atom is 0.342 e. The van der Waals surface area contributed by atoms with Crippen LogP contribution in [0.1, 0.15) is 19.3 Å². The molecule has 20 heavy (non-hydrogen) atoms. The van der Waals surface area contributed by atoms with E-state index in [-0.39, 0.29) is 12.1 Å². The van der Waals surface area contributed by atoms with Crippen molar-refractivity contribution in [3.05, 3.63) is 35.5 Å². The van der Waals surface area contributed by atoms with Crippen molar-refractivity contribution in [2.24, 2.45) is 0 Å². The van der Waals surface area contributed by atoms with Gasteiger partial charge in [-0.3, -0.25) is 0 Å². The number of hydrogen-bond donors (Lipinski definition) is 2. The first-order valence-corrected chi connectivity index (χ1v) is 6.95. The van der Waals surface area contributed by atoms with Gasteiger partial charge < -0.3 is 19.7 Å². The van der Waals surface area contributed by atoms with Crippen molar-refractivity contribution in [3.8, 4) is 0 Å². The van der Waals surface area contributed by atoms with E-state index in [1.807, 2.05) is 12.2 Å². The number of rotatable bonds is 0. The van der Waals surface area contributed by atoms with E-state index in [1.54, 1.807) is 6.08 Å². The van der Waals surface area contributed by atoms with E-state index in [0.29, 0.717) is 24.0 Å². The van der Waals surface area contributed by atoms with Crippen molar-refractivity contribution < 1.29 is 24.5 Å². The molecule has 5 heteroatoms. The Morgan fingerprint density at radius 1 is 1.20 bits per heavy atom. The molecule has 0 aromatic carbocycles. The molecule has 4 rings (SSSR count). The molecule has 4 aliphatic rings. The minimum Gasteiger partial charge on any atom is -0.453 e. The van der Waals surface area contributed by atoms with Crippen molar-refractivity contribution in [2.45, 2.75) is 49.3 Å². The van der Waals surface area contributed by atoms with Gasteiger partial charge in [0, 0.05) is 5.57 Å². The molecular formula is C15H16O5. The zero-order chi connectivity index (χ0) is 13.9. The summed E-state index contributed by atoms with van der Waals surface area (Å²) in [5, 5.41) is 20.3. The van der Waals surface area contributed by atoms with Crippen LogP contribution in [0.3, 0.4) is 0 Å². The molecule has 0 radical (unpaired) electrons. The maximum absolute atomic E-state index is 12.1. The molecule has 2 N–H and O–H groups in total. The van der Waals surface area contributed by atoms with E-state index >= 15 is 0 Å². The lowest BCUT2D eigenvalue weighted by Gasteiger charge is -2.28. The Hall–Kier alpha value is -1.43. The number of carbonyl (C=O) groups is 1. The highest BCUT2D eigenvalue weighted by Crippen LogP contribution is 2.53. The van der Waals surface area contributed by atoms with E-state index in [0.717, 1.165) is 6.42 Å². The third kappa shape index (κ3) is 1.51. The first-order chi connectivity index (χ1) is 9.63. The largest absolute Gasteiger partial charge is 0.453 e. The highest BCUT2D eigenvalue weighted by atomic mass is 16.7. The van der Waals surface area contributed by atoms with Crippen molar-refractivity contribution in [3.63, 3.8) is 0 Å². The first-order valence-electron chi connectivity index (χ1n) is 6.95. The molecule has 0 aromatic rings. The number of epoxide rings is 1. The van der Waals surface area contributed by atoms with Crippen molar-refractivity contribution in [1.29, 1.82) is 0 Å². The van der Waals surface area contributed by atoms with Gasteiger partial charge >= 0.3 is 5.97 Å². The van der Waals surface area contributed by atoms with Gasteiger partial charge in [-0.15, -0.1) is 0 Å². The van der Waals surface area contributed by atoms with Gasteiger partial charge in [0.05, 0.1) is 12.2 Å². The first kappa shape index (κ1) is 12.3. The summed E-state index contributed by atoms with van der Waals surface area (Å²) in [6, 6.07) is 0. The monoisotopic (exact) mass is 276 g/mol. The summed E-state index contributed by atoms with van der Waals surface area (Å²) in [7, 11) is 0. The fourth-order valence-corrected chi connectivity index (χ4v) is 3.48. The van der Waals surface area contributed by atoms with Gasteiger partial charge in [-0.05, 0) is 24.8 Å². The lowest BCUT2D eigenvalue weighted by Crippen LogP contribution is -2.32. The second kappa shape index (κ2) is 4.04. The summed E-state index contributed by atoms with van der Waals surface area (Å²) in [4.78, 5) is 12.1. The van der Waals surface area contributed by atoms with Crippen LogP contribution in [0, 0.1) is 0 Å². The number of allylic oxidation sites excluding steroid dienone is 2. The molecule has 2 fully saturated rings. The van der Waals surface area contributed by atoms with E-state index < -0.39 is 23.9 Å². The second-order valence-corrected chi connectivity index (χ2v) is 5.72. The van der Waals surface area contributed by atoms with Crippen molar-refractivity contribution >= 4 is 5.97 Å². The number of ether oxygens (including phenoxy) is 2. The second-order valence-electron chi connectivity index (χ2n) is 5.72. The van der Waals surface area contributed by atoms with E-state index in [4.69, 9.17) is 9.47 Å². The number of hydrogen-bond acceptors (Lipinski definition) is 5. The fraction of sp³-hybridized carbons (Fsp3) is 0.533. The molecule has 0 aromatic heterocycles. The topological polar surface area (TPSA) is 79.3 Å². The summed E-state index contributed by atoms with van der Waals surface area (Å²) < 4.78 is 11.1. The summed E-state index contributed by atoms with van der Waals surface area (Å²) in [6.07, 6.45) is 6.50. The van der Waals surface area contributed by atoms with Crippen LogP contribution >= 0.6 is 0 Å². The lowest BCUT2D eigenvalue weighted by atomic mass is 9.84. The van der Waals surface area contributed by atoms with Crippen LogP contribution in [-0.2, 0) is 14.3 Å². The summed E-state index contributed by atoms with van der Waals surface area (Å²) >= 11 is 0. The van der Waals surface area contributed by atoms with Crippen LogP contribution < -0.4 is 0 Å². The standard InChI is InChI=1S/C15H16O5/c16-9-5-6-10(17)11-8(9)4-2-1-3-7-15-13(20-15)12(11)19-14(15)18/h1-2,5-6,9-10,12-13,16-17H,3-4,7H2/b2-1+/t9?,10?,12-,13-,15-/m0/s1. The number of aliphatic hydroxyl groups excluding tert-OH is 2. The van der Waals surface area contributed by atoms with Gasteiger partial charge in [-0.25, -0.2) is 4.79 Å². The molecule has 0 spiro atoms. The average molecular weight is 276 g/mol. The molecule has 2 aliphatic carbocycles. The van der Waals surface area contributed by atoms with Crippen LogP contribution in [0.25, 0.3) is 0 Å². The highest BCUT2D eigenvalue weighted by molar-refractivity contribution is 5.87. The SMILES string of the molecule is O=C1O[C@H]2C3=C(C/C=C/CC[C@@]14O[C@@H]24)C(O)C=CC3O. The highest BCUT2D eigenvalue weighted by Gasteiger charge is 2.73. The van der Waals surface area contributed by atoms with Crippen LogP contribution in [0.15, 0.2) is 35.5 Å². The maximum atomic E-state index is 12.1. The van der Waals surface area contributed by atoms with Gasteiger partial charge in [0.15, 0.2) is 11.7 Å². The third-order valence-electron chi connectivity index (χ3n) is 4.61. The van der Waals surface area contributed by atoms with Crippen molar-refractivity contribution in [2.75, 3.05) is 0 Å². The number of esters is 1. The molecule has 2 aliphatic heterocycles. The smallest absolute Gasteiger partial charge is 0.342 e. The van der Waals surface area contributed by atoms with E-state index in [1.165, 1.54) is 6.08 Å². The third-order valence-corrected chi connectivity index (χ3v) is 4.61. The summed E-state index contributed by atoms with van der Waals surface area (Å²) in [5.41, 5.74) is 0.475. The van der Waals surface area contributed by atoms with E-state index in [2.05, 4.69) is 0 Å². The fourth-order valence-electron chi connectivity index (χ4n) is 3.48. The Morgan fingerprint density at radius 3 is 2.80 bits per heavy atom. The Morgan fingerprint density at radius 2 is 2.00 bits per heavy atom. The molecule has 2 unspecified atom stereocenters. The molecule has 5 atom stereocenters. The molecule has 2 saturated heterocycles. The predicted octanol–water partition coefficient (Wildman–Crippen LogP) is 0.378. The lowest BCUT2D eigenvalue weighted by molar-refractivity contribution is -0.152. The molecule has 2 heterocycles. The average Bonchev–Trinajstić information content (AvgIpc) is 3.10. The zero-order valence-electron chi connectivity index (χ0n) is 10.9. The molecule has 0 saturated carbocycles. The Balaban J connectivity index is 1.81. The Bertz CT molecular complexity index is 561. The van der Waals surface area contributed by atoms with Gasteiger partial charge in [0.1, 0.15) is 6.10 Å². The van der Waals surface area contributed by atoms with Crippen LogP contribution in [0.4, 0.5) is 0 Å². The molecular weight excluding hydrogens is 260 g/mol. The molecule has 106 valence electrons. The Labute approximate surface area is 116 Å². The predicted molar refractivity (Wildman–Crippen MR) is 68.7 cm³/mol. The van der Waals surface area contributed by atoms with Crippen LogP contribution in [0.5, 0.6) is 0 Å². The van der Waals surface area contributed by atoms with Gasteiger partial charge in [0.25, 0.3) is 0 Å². The Kier molecular flexibility index (Phi) is 2.49. The van der Waals surface area contributed by atoms with Gasteiger partial charge in [-0.1, -0.05) is 24.3 Å². The summed E-state index contributed by atoms with van der Waals surface area (Å²) in [5.74, 6) is -0.342. The van der Waals surface area contributed by atoms with E-state index in [9.17, 15) is 15.0 Å². The minimum atomic E-state index is -0.834. The normalized spacial score (nSPS) is 47.4. The number of carbonyl (C=O) groups excluding carboxylic acids is 1.